The van der Waals surface area contributed by atoms with Crippen LogP contribution in [0.15, 0.2) is 36.4 Å². The molecule has 0 radical (unpaired) electrons. The van der Waals surface area contributed by atoms with Gasteiger partial charge < -0.3 is 9.55 Å². The van der Waals surface area contributed by atoms with Crippen LogP contribution in [-0.2, 0) is 13.0 Å². The van der Waals surface area contributed by atoms with Crippen molar-refractivity contribution in [1.82, 2.24) is 9.55 Å². The fourth-order valence-electron chi connectivity index (χ4n) is 2.31. The lowest BCUT2D eigenvalue weighted by atomic mass is 10.1. The first kappa shape index (κ1) is 14.6. The van der Waals surface area contributed by atoms with Crippen LogP contribution in [0.1, 0.15) is 5.56 Å². The van der Waals surface area contributed by atoms with Crippen LogP contribution >= 0.6 is 34.8 Å². The first-order chi connectivity index (χ1) is 10.0. The first-order valence-corrected chi connectivity index (χ1v) is 7.85. The number of aromatic amines is 1. The molecule has 0 aliphatic heterocycles. The number of benzene rings is 2. The van der Waals surface area contributed by atoms with E-state index in [-0.39, 0.29) is 11.6 Å². The summed E-state index contributed by atoms with van der Waals surface area (Å²) in [7, 11) is 0. The lowest BCUT2D eigenvalue weighted by molar-refractivity contribution is 0.618. The highest BCUT2D eigenvalue weighted by Crippen LogP contribution is 2.21. The molecule has 2 nitrogen and oxygen atoms in total. The molecule has 0 aliphatic carbocycles. The number of H-pyrrole nitrogens is 1. The van der Waals surface area contributed by atoms with Crippen LogP contribution in [0.5, 0.6) is 0 Å². The van der Waals surface area contributed by atoms with E-state index in [0.29, 0.717) is 21.3 Å². The van der Waals surface area contributed by atoms with E-state index in [9.17, 15) is 8.78 Å². The Morgan fingerprint density at radius 2 is 2.00 bits per heavy atom. The van der Waals surface area contributed by atoms with Gasteiger partial charge in [-0.15, -0.1) is 0 Å². The zero-order valence-electron chi connectivity index (χ0n) is 10.9. The number of halogens is 3. The molecule has 0 amide bonds. The summed E-state index contributed by atoms with van der Waals surface area (Å²) in [4.78, 5) is 3.07. The SMILES string of the molecule is Fc1cccc(CCn2c(=S)[nH]c3cc(I)c(F)cc32)c1. The summed E-state index contributed by atoms with van der Waals surface area (Å²) in [5.74, 6) is -0.521. The lowest BCUT2D eigenvalue weighted by Crippen LogP contribution is -2.02. The molecule has 21 heavy (non-hydrogen) atoms. The fourth-order valence-corrected chi connectivity index (χ4v) is 3.07. The Labute approximate surface area is 138 Å². The third-order valence-electron chi connectivity index (χ3n) is 3.33. The predicted octanol–water partition coefficient (Wildman–Crippen LogP) is 4.82. The number of nitrogens with one attached hydrogen (secondary N) is 1. The molecule has 2 aromatic carbocycles. The minimum atomic E-state index is -0.267. The molecule has 1 N–H and O–H groups in total. The van der Waals surface area contributed by atoms with E-state index in [4.69, 9.17) is 12.2 Å². The minimum Gasteiger partial charge on any atom is -0.331 e. The highest BCUT2D eigenvalue weighted by atomic mass is 127. The Balaban J connectivity index is 1.95. The van der Waals surface area contributed by atoms with Crippen molar-refractivity contribution >= 4 is 45.8 Å². The standard InChI is InChI=1S/C15H11F2IN2S/c16-10-3-1-2-9(6-10)4-5-20-14-7-11(17)12(18)8-13(14)19-15(20)21/h1-3,6-8H,4-5H2,(H,19,21). The van der Waals surface area contributed by atoms with Gasteiger partial charge in [-0.1, -0.05) is 12.1 Å². The number of aryl methyl sites for hydroxylation is 2. The van der Waals surface area contributed by atoms with Gasteiger partial charge in [-0.25, -0.2) is 8.78 Å². The average Bonchev–Trinajstić information content (AvgIpc) is 2.72. The topological polar surface area (TPSA) is 20.7 Å². The highest BCUT2D eigenvalue weighted by Gasteiger charge is 2.09. The summed E-state index contributed by atoms with van der Waals surface area (Å²) in [5, 5.41) is 0. The molecule has 6 heteroatoms. The van der Waals surface area contributed by atoms with Gasteiger partial charge in [0.1, 0.15) is 11.6 Å². The van der Waals surface area contributed by atoms with Crippen molar-refractivity contribution in [3.8, 4) is 0 Å². The van der Waals surface area contributed by atoms with Crippen LogP contribution in [0, 0.1) is 20.0 Å². The molecule has 3 aromatic rings. The fraction of sp³-hybridized carbons (Fsp3) is 0.133. The maximum absolute atomic E-state index is 13.7. The second-order valence-corrected chi connectivity index (χ2v) is 6.29. The molecule has 0 atom stereocenters. The van der Waals surface area contributed by atoms with Crippen LogP contribution in [0.2, 0.25) is 0 Å². The van der Waals surface area contributed by atoms with E-state index in [1.54, 1.807) is 12.1 Å². The van der Waals surface area contributed by atoms with Crippen molar-refractivity contribution in [3.63, 3.8) is 0 Å². The Morgan fingerprint density at radius 3 is 2.76 bits per heavy atom. The number of rotatable bonds is 3. The molecule has 1 heterocycles. The Bertz CT molecular complexity index is 870. The van der Waals surface area contributed by atoms with Crippen molar-refractivity contribution in [1.29, 1.82) is 0 Å². The molecule has 3 rings (SSSR count). The van der Waals surface area contributed by atoms with Gasteiger partial charge in [0.2, 0.25) is 0 Å². The lowest BCUT2D eigenvalue weighted by Gasteiger charge is -2.05. The predicted molar refractivity (Wildman–Crippen MR) is 89.9 cm³/mol. The van der Waals surface area contributed by atoms with Gasteiger partial charge in [0.25, 0.3) is 0 Å². The molecule has 1 aromatic heterocycles. The Kier molecular flexibility index (Phi) is 4.08. The Morgan fingerprint density at radius 1 is 1.19 bits per heavy atom. The summed E-state index contributed by atoms with van der Waals surface area (Å²) in [5.41, 5.74) is 2.43. The number of hydrogen-bond donors (Lipinski definition) is 1. The van der Waals surface area contributed by atoms with E-state index in [1.165, 1.54) is 18.2 Å². The van der Waals surface area contributed by atoms with E-state index in [1.807, 2.05) is 33.2 Å². The number of aromatic nitrogens is 2. The molecular formula is C15H11F2IN2S. The summed E-state index contributed by atoms with van der Waals surface area (Å²) in [6.45, 7) is 0.572. The molecule has 0 aliphatic rings. The van der Waals surface area contributed by atoms with Gasteiger partial charge in [0.15, 0.2) is 4.77 Å². The molecule has 0 bridgehead atoms. The molecule has 0 fully saturated rings. The summed E-state index contributed by atoms with van der Waals surface area (Å²) in [6, 6.07) is 9.68. The largest absolute Gasteiger partial charge is 0.331 e. The number of hydrogen-bond acceptors (Lipinski definition) is 1. The van der Waals surface area contributed by atoms with Gasteiger partial charge >= 0.3 is 0 Å². The maximum atomic E-state index is 13.7. The second-order valence-electron chi connectivity index (χ2n) is 4.75. The number of nitrogens with zero attached hydrogens (tertiary/aromatic N) is 1. The quantitative estimate of drug-likeness (QED) is 0.480. The maximum Gasteiger partial charge on any atom is 0.178 e. The second kappa shape index (κ2) is 5.84. The van der Waals surface area contributed by atoms with E-state index in [2.05, 4.69) is 4.98 Å². The molecule has 0 spiro atoms. The van der Waals surface area contributed by atoms with Crippen molar-refractivity contribution in [3.05, 3.63) is 61.9 Å². The van der Waals surface area contributed by atoms with Crippen molar-refractivity contribution in [2.75, 3.05) is 0 Å². The normalized spacial score (nSPS) is 11.2. The van der Waals surface area contributed by atoms with E-state index in [0.717, 1.165) is 16.6 Å². The van der Waals surface area contributed by atoms with Crippen LogP contribution < -0.4 is 0 Å². The zero-order valence-corrected chi connectivity index (χ0v) is 13.8. The van der Waals surface area contributed by atoms with Crippen molar-refractivity contribution < 1.29 is 8.78 Å². The van der Waals surface area contributed by atoms with Gasteiger partial charge in [0, 0.05) is 12.6 Å². The molecule has 0 saturated carbocycles. The summed E-state index contributed by atoms with van der Waals surface area (Å²) in [6.07, 6.45) is 0.632. The monoisotopic (exact) mass is 416 g/mol. The third-order valence-corrected chi connectivity index (χ3v) is 4.48. The zero-order chi connectivity index (χ0) is 15.0. The number of imidazole rings is 1. The molecule has 0 unspecified atom stereocenters. The average molecular weight is 416 g/mol. The smallest absolute Gasteiger partial charge is 0.178 e. The number of fused-ring (bicyclic) bond motifs is 1. The summed E-state index contributed by atoms with van der Waals surface area (Å²) >= 11 is 7.24. The highest BCUT2D eigenvalue weighted by molar-refractivity contribution is 14.1. The van der Waals surface area contributed by atoms with Crippen molar-refractivity contribution in [2.45, 2.75) is 13.0 Å². The van der Waals surface area contributed by atoms with Gasteiger partial charge in [-0.05, 0) is 65.0 Å². The van der Waals surface area contributed by atoms with Crippen LogP contribution in [0.4, 0.5) is 8.78 Å². The minimum absolute atomic E-state index is 0.254. The molecular weight excluding hydrogens is 405 g/mol. The van der Waals surface area contributed by atoms with Gasteiger partial charge in [-0.3, -0.25) is 0 Å². The van der Waals surface area contributed by atoms with Crippen LogP contribution in [0.25, 0.3) is 11.0 Å². The van der Waals surface area contributed by atoms with Gasteiger partial charge in [0.05, 0.1) is 14.6 Å². The van der Waals surface area contributed by atoms with E-state index < -0.39 is 0 Å². The molecule has 0 saturated heterocycles. The third kappa shape index (κ3) is 3.01. The van der Waals surface area contributed by atoms with Crippen molar-refractivity contribution in [2.24, 2.45) is 0 Å². The van der Waals surface area contributed by atoms with Crippen LogP contribution in [0.3, 0.4) is 0 Å². The van der Waals surface area contributed by atoms with E-state index >= 15 is 0 Å². The van der Waals surface area contributed by atoms with Crippen LogP contribution in [-0.4, -0.2) is 9.55 Å². The summed E-state index contributed by atoms with van der Waals surface area (Å²) < 4.78 is 29.9. The Hall–Kier alpha value is -1.28. The van der Waals surface area contributed by atoms with Gasteiger partial charge in [-0.2, -0.15) is 0 Å². The first-order valence-electron chi connectivity index (χ1n) is 6.36. The molecule has 108 valence electrons.